The van der Waals surface area contributed by atoms with Crippen molar-refractivity contribution in [2.75, 3.05) is 0 Å². The summed E-state index contributed by atoms with van der Waals surface area (Å²) in [5.41, 5.74) is 2.16. The van der Waals surface area contributed by atoms with Crippen molar-refractivity contribution in [1.82, 2.24) is 0 Å². The van der Waals surface area contributed by atoms with Crippen LogP contribution in [-0.4, -0.2) is 28.9 Å². The molecule has 1 saturated heterocycles. The molecule has 3 rings (SSSR count). The van der Waals surface area contributed by atoms with Gasteiger partial charge in [-0.05, 0) is 16.7 Å². The van der Waals surface area contributed by atoms with Crippen LogP contribution in [0.2, 0.25) is 0 Å². The lowest BCUT2D eigenvalue weighted by Crippen LogP contribution is -2.32. The largest absolute Gasteiger partial charge is 0.481 e. The van der Waals surface area contributed by atoms with Crippen LogP contribution in [-0.2, 0) is 19.1 Å². The van der Waals surface area contributed by atoms with E-state index in [4.69, 9.17) is 9.47 Å². The van der Waals surface area contributed by atoms with E-state index < -0.39 is 29.7 Å². The Labute approximate surface area is 139 Å². The molecule has 0 aliphatic carbocycles. The molecule has 2 aromatic carbocycles. The molecule has 2 unspecified atom stereocenters. The number of hydrogen-bond donors (Lipinski definition) is 1. The van der Waals surface area contributed by atoms with E-state index in [9.17, 15) is 14.7 Å². The molecule has 124 valence electrons. The minimum Gasteiger partial charge on any atom is -0.481 e. The Balaban J connectivity index is 2.08. The number of benzene rings is 2. The second-order valence-corrected chi connectivity index (χ2v) is 6.13. The number of ether oxygens (including phenoxy) is 2. The molecule has 24 heavy (non-hydrogen) atoms. The van der Waals surface area contributed by atoms with E-state index in [-0.39, 0.29) is 0 Å². The third-order valence-electron chi connectivity index (χ3n) is 3.94. The second kappa shape index (κ2) is 6.09. The Bertz CT molecular complexity index is 766. The summed E-state index contributed by atoms with van der Waals surface area (Å²) in [6.45, 7) is 3.18. The predicted octanol–water partition coefficient (Wildman–Crippen LogP) is 3.20. The van der Waals surface area contributed by atoms with Crippen molar-refractivity contribution in [2.45, 2.75) is 31.7 Å². The van der Waals surface area contributed by atoms with Crippen LogP contribution >= 0.6 is 0 Å². The van der Waals surface area contributed by atoms with Crippen molar-refractivity contribution in [1.29, 1.82) is 0 Å². The quantitative estimate of drug-likeness (QED) is 0.874. The average molecular weight is 326 g/mol. The third kappa shape index (κ3) is 3.03. The maximum atomic E-state index is 12.1. The molecular formula is C19H18O5. The van der Waals surface area contributed by atoms with Gasteiger partial charge in [0.15, 0.2) is 6.10 Å². The van der Waals surface area contributed by atoms with Gasteiger partial charge in [0, 0.05) is 13.8 Å². The lowest BCUT2D eigenvalue weighted by atomic mass is 9.87. The summed E-state index contributed by atoms with van der Waals surface area (Å²) < 4.78 is 10.7. The first kappa shape index (κ1) is 16.2. The van der Waals surface area contributed by atoms with Crippen molar-refractivity contribution >= 4 is 11.9 Å². The van der Waals surface area contributed by atoms with Gasteiger partial charge < -0.3 is 14.6 Å². The molecule has 0 amide bonds. The van der Waals surface area contributed by atoms with Crippen LogP contribution in [0.4, 0.5) is 0 Å². The number of carboxylic acid groups (broad SMARTS) is 1. The maximum absolute atomic E-state index is 12.1. The molecule has 1 aliphatic rings. The van der Waals surface area contributed by atoms with Crippen molar-refractivity contribution in [2.24, 2.45) is 0 Å². The molecular weight excluding hydrogens is 308 g/mol. The van der Waals surface area contributed by atoms with Crippen LogP contribution in [0, 0.1) is 0 Å². The van der Waals surface area contributed by atoms with Crippen LogP contribution in [0.3, 0.4) is 0 Å². The molecule has 0 radical (unpaired) electrons. The molecule has 2 aromatic rings. The molecule has 5 nitrogen and oxygen atoms in total. The number of carbonyl (C=O) groups is 2. The monoisotopic (exact) mass is 326 g/mol. The van der Waals surface area contributed by atoms with Crippen molar-refractivity contribution in [3.05, 3.63) is 60.2 Å². The van der Waals surface area contributed by atoms with Crippen LogP contribution in [0.5, 0.6) is 0 Å². The molecule has 1 aliphatic heterocycles. The number of carbonyl (C=O) groups excluding carboxylic acids is 1. The number of rotatable bonds is 4. The number of esters is 1. The van der Waals surface area contributed by atoms with Crippen LogP contribution in [0.25, 0.3) is 11.1 Å². The standard InChI is InChI=1S/C19H18O5/c1-19(2)23-16(18(22)24-19)15(17(20)21)14-11-7-6-10-13(14)12-8-4-3-5-9-12/h3-11,15-16H,1-2H3,(H,20,21). The third-order valence-corrected chi connectivity index (χ3v) is 3.94. The first-order chi connectivity index (χ1) is 11.4. The van der Waals surface area contributed by atoms with Gasteiger partial charge in [0.05, 0.1) is 0 Å². The minimum absolute atomic E-state index is 0.524. The van der Waals surface area contributed by atoms with E-state index >= 15 is 0 Å². The Kier molecular flexibility index (Phi) is 4.11. The Morgan fingerprint density at radius 2 is 1.71 bits per heavy atom. The van der Waals surface area contributed by atoms with E-state index in [2.05, 4.69) is 0 Å². The summed E-state index contributed by atoms with van der Waals surface area (Å²) in [7, 11) is 0. The number of cyclic esters (lactones) is 1. The summed E-state index contributed by atoms with van der Waals surface area (Å²) in [5, 5.41) is 9.76. The highest BCUT2D eigenvalue weighted by molar-refractivity contribution is 5.90. The van der Waals surface area contributed by atoms with Gasteiger partial charge >= 0.3 is 11.9 Å². The van der Waals surface area contributed by atoms with Crippen molar-refractivity contribution < 1.29 is 24.2 Å². The molecule has 0 spiro atoms. The predicted molar refractivity (Wildman–Crippen MR) is 87.3 cm³/mol. The zero-order valence-electron chi connectivity index (χ0n) is 13.4. The normalized spacial score (nSPS) is 20.4. The highest BCUT2D eigenvalue weighted by atomic mass is 16.8. The fraction of sp³-hybridized carbons (Fsp3) is 0.263. The zero-order chi connectivity index (χ0) is 17.3. The lowest BCUT2D eigenvalue weighted by Gasteiger charge is -2.21. The topological polar surface area (TPSA) is 72.8 Å². The van der Waals surface area contributed by atoms with Crippen LogP contribution in [0.1, 0.15) is 25.3 Å². The number of carboxylic acids is 1. The highest BCUT2D eigenvalue weighted by Crippen LogP contribution is 2.37. The number of aliphatic carboxylic acids is 1. The van der Waals surface area contributed by atoms with Gasteiger partial charge in [0.2, 0.25) is 5.79 Å². The van der Waals surface area contributed by atoms with Gasteiger partial charge in [-0.2, -0.15) is 0 Å². The average Bonchev–Trinajstić information content (AvgIpc) is 2.81. The zero-order valence-corrected chi connectivity index (χ0v) is 13.4. The maximum Gasteiger partial charge on any atom is 0.339 e. The van der Waals surface area contributed by atoms with E-state index in [1.165, 1.54) is 0 Å². The van der Waals surface area contributed by atoms with Crippen molar-refractivity contribution in [3.8, 4) is 11.1 Å². The van der Waals surface area contributed by atoms with E-state index in [0.717, 1.165) is 11.1 Å². The fourth-order valence-electron chi connectivity index (χ4n) is 2.96. The van der Waals surface area contributed by atoms with Gasteiger partial charge in [0.1, 0.15) is 5.92 Å². The summed E-state index contributed by atoms with van der Waals surface area (Å²) in [4.78, 5) is 24.1. The Morgan fingerprint density at radius 1 is 1.08 bits per heavy atom. The van der Waals surface area contributed by atoms with E-state index in [1.54, 1.807) is 26.0 Å². The summed E-state index contributed by atoms with van der Waals surface area (Å²) in [5.74, 6) is -4.05. The van der Waals surface area contributed by atoms with Gasteiger partial charge in [-0.15, -0.1) is 0 Å². The fourth-order valence-corrected chi connectivity index (χ4v) is 2.96. The lowest BCUT2D eigenvalue weighted by molar-refractivity contribution is -0.161. The summed E-state index contributed by atoms with van der Waals surface area (Å²) in [6.07, 6.45) is -1.18. The molecule has 1 heterocycles. The van der Waals surface area contributed by atoms with Crippen LogP contribution < -0.4 is 0 Å². The van der Waals surface area contributed by atoms with E-state index in [1.807, 2.05) is 42.5 Å². The first-order valence-corrected chi connectivity index (χ1v) is 7.67. The van der Waals surface area contributed by atoms with Gasteiger partial charge in [0.25, 0.3) is 0 Å². The molecule has 5 heteroatoms. The van der Waals surface area contributed by atoms with Gasteiger partial charge in [-0.25, -0.2) is 4.79 Å². The Morgan fingerprint density at radius 3 is 2.29 bits per heavy atom. The highest BCUT2D eigenvalue weighted by Gasteiger charge is 2.48. The van der Waals surface area contributed by atoms with Gasteiger partial charge in [-0.3, -0.25) is 4.79 Å². The molecule has 0 saturated carbocycles. The second-order valence-electron chi connectivity index (χ2n) is 6.13. The molecule has 1 fully saturated rings. The number of hydrogen-bond acceptors (Lipinski definition) is 4. The SMILES string of the molecule is CC1(C)OC(=O)C(C(C(=O)O)c2ccccc2-c2ccccc2)O1. The van der Waals surface area contributed by atoms with E-state index in [0.29, 0.717) is 5.56 Å². The molecule has 2 atom stereocenters. The molecule has 0 bridgehead atoms. The summed E-state index contributed by atoms with van der Waals surface area (Å²) >= 11 is 0. The first-order valence-electron chi connectivity index (χ1n) is 7.67. The summed E-state index contributed by atoms with van der Waals surface area (Å²) in [6, 6.07) is 16.6. The van der Waals surface area contributed by atoms with Gasteiger partial charge in [-0.1, -0.05) is 54.6 Å². The molecule has 0 aromatic heterocycles. The smallest absolute Gasteiger partial charge is 0.339 e. The van der Waals surface area contributed by atoms with Crippen molar-refractivity contribution in [3.63, 3.8) is 0 Å². The van der Waals surface area contributed by atoms with Crippen LogP contribution in [0.15, 0.2) is 54.6 Å². The minimum atomic E-state index is -1.18. The Hall–Kier alpha value is -2.66. The molecule has 1 N–H and O–H groups in total.